The number of hydrogen-bond acceptors (Lipinski definition) is 4. The lowest BCUT2D eigenvalue weighted by Gasteiger charge is -2.21. The number of nitrogens with zero attached hydrogens (tertiary/aromatic N) is 1. The van der Waals surface area contributed by atoms with Crippen molar-refractivity contribution in [2.45, 2.75) is 32.3 Å². The van der Waals surface area contributed by atoms with E-state index in [9.17, 15) is 4.79 Å². The molecule has 1 N–H and O–H groups in total. The molecule has 0 aromatic heterocycles. The number of benzene rings is 3. The van der Waals surface area contributed by atoms with Gasteiger partial charge in [-0.3, -0.25) is 0 Å². The fourth-order valence-corrected chi connectivity index (χ4v) is 4.10. The zero-order chi connectivity index (χ0) is 23.0. The molecule has 5 nitrogen and oxygen atoms in total. The molecule has 0 aliphatic heterocycles. The van der Waals surface area contributed by atoms with E-state index in [1.54, 1.807) is 0 Å². The predicted molar refractivity (Wildman–Crippen MR) is 129 cm³/mol. The SMILES string of the molecule is CC(C=C1CCc2c(cccc2OCC(=O)O)C1)=NOC(c1ccccc1)c1ccccc1. The first kappa shape index (κ1) is 22.3. The third-order valence-electron chi connectivity index (χ3n) is 5.61. The Labute approximate surface area is 194 Å². The standard InChI is InChI=1S/C28H27NO4/c1-20(29-33-28(22-9-4-2-5-10-22)23-11-6-3-7-12-23)17-21-15-16-25-24(18-21)13-8-14-26(25)32-19-27(30)31/h2-14,17,28H,15-16,18-19H2,1H3,(H,30,31). The maximum atomic E-state index is 10.8. The van der Waals surface area contributed by atoms with Gasteiger partial charge in [0.15, 0.2) is 12.7 Å². The van der Waals surface area contributed by atoms with Crippen molar-refractivity contribution in [3.63, 3.8) is 0 Å². The topological polar surface area (TPSA) is 68.1 Å². The van der Waals surface area contributed by atoms with Crippen LogP contribution in [0.25, 0.3) is 0 Å². The lowest BCUT2D eigenvalue weighted by molar-refractivity contribution is -0.139. The van der Waals surface area contributed by atoms with Gasteiger partial charge in [0.1, 0.15) is 5.75 Å². The summed E-state index contributed by atoms with van der Waals surface area (Å²) in [5.41, 5.74) is 6.43. The van der Waals surface area contributed by atoms with Crippen LogP contribution in [0.5, 0.6) is 5.75 Å². The Bertz CT molecular complexity index is 1110. The third kappa shape index (κ3) is 5.89. The van der Waals surface area contributed by atoms with Gasteiger partial charge in [-0.1, -0.05) is 83.5 Å². The quantitative estimate of drug-likeness (QED) is 0.357. The number of ether oxygens (including phenoxy) is 1. The van der Waals surface area contributed by atoms with Gasteiger partial charge in [0.05, 0.1) is 5.71 Å². The van der Waals surface area contributed by atoms with Gasteiger partial charge >= 0.3 is 5.97 Å². The monoisotopic (exact) mass is 441 g/mol. The number of aliphatic carboxylic acids is 1. The van der Waals surface area contributed by atoms with Crippen molar-refractivity contribution >= 4 is 11.7 Å². The molecular weight excluding hydrogens is 414 g/mol. The molecule has 4 rings (SSSR count). The highest BCUT2D eigenvalue weighted by Gasteiger charge is 2.18. The number of carboxylic acid groups (broad SMARTS) is 1. The molecule has 0 bridgehead atoms. The summed E-state index contributed by atoms with van der Waals surface area (Å²) in [6.07, 6.45) is 4.27. The summed E-state index contributed by atoms with van der Waals surface area (Å²) in [5.74, 6) is -0.309. The Kier molecular flexibility index (Phi) is 7.20. The molecule has 1 aliphatic carbocycles. The highest BCUT2D eigenvalue weighted by atomic mass is 16.6. The van der Waals surface area contributed by atoms with E-state index in [1.165, 1.54) is 5.57 Å². The summed E-state index contributed by atoms with van der Waals surface area (Å²) in [7, 11) is 0. The van der Waals surface area contributed by atoms with Crippen LogP contribution in [0.15, 0.2) is 95.7 Å². The molecule has 1 aliphatic rings. The van der Waals surface area contributed by atoms with E-state index in [1.807, 2.05) is 79.7 Å². The zero-order valence-electron chi connectivity index (χ0n) is 18.6. The summed E-state index contributed by atoms with van der Waals surface area (Å²) in [6.45, 7) is 1.62. The van der Waals surface area contributed by atoms with Gasteiger partial charge in [-0.15, -0.1) is 0 Å². The molecule has 3 aromatic carbocycles. The molecule has 0 saturated carbocycles. The summed E-state index contributed by atoms with van der Waals surface area (Å²) in [6, 6.07) is 26.0. The molecule has 0 radical (unpaired) electrons. The second kappa shape index (κ2) is 10.6. The number of oxime groups is 1. The first-order valence-corrected chi connectivity index (χ1v) is 11.1. The smallest absolute Gasteiger partial charge is 0.341 e. The fourth-order valence-electron chi connectivity index (χ4n) is 4.10. The largest absolute Gasteiger partial charge is 0.482 e. The van der Waals surface area contributed by atoms with E-state index in [4.69, 9.17) is 14.7 Å². The molecule has 0 amide bonds. The Morgan fingerprint density at radius 2 is 1.64 bits per heavy atom. The number of carbonyl (C=O) groups is 1. The van der Waals surface area contributed by atoms with Crippen LogP contribution in [0.4, 0.5) is 0 Å². The minimum atomic E-state index is -0.972. The lowest BCUT2D eigenvalue weighted by atomic mass is 9.87. The van der Waals surface area contributed by atoms with Crippen LogP contribution in [0, 0.1) is 0 Å². The lowest BCUT2D eigenvalue weighted by Crippen LogP contribution is -2.13. The third-order valence-corrected chi connectivity index (χ3v) is 5.61. The van der Waals surface area contributed by atoms with E-state index < -0.39 is 5.97 Å². The van der Waals surface area contributed by atoms with Crippen molar-refractivity contribution in [1.82, 2.24) is 0 Å². The molecule has 168 valence electrons. The molecule has 0 spiro atoms. The van der Waals surface area contributed by atoms with Gasteiger partial charge in [0.25, 0.3) is 0 Å². The first-order chi connectivity index (χ1) is 16.1. The van der Waals surface area contributed by atoms with Crippen molar-refractivity contribution in [2.24, 2.45) is 5.16 Å². The molecule has 0 fully saturated rings. The Hall–Kier alpha value is -3.86. The maximum Gasteiger partial charge on any atom is 0.341 e. The molecule has 3 aromatic rings. The normalized spacial score (nSPS) is 14.7. The maximum absolute atomic E-state index is 10.8. The minimum absolute atomic E-state index is 0.276. The van der Waals surface area contributed by atoms with Crippen molar-refractivity contribution in [1.29, 1.82) is 0 Å². The summed E-state index contributed by atoms with van der Waals surface area (Å²) >= 11 is 0. The van der Waals surface area contributed by atoms with E-state index >= 15 is 0 Å². The van der Waals surface area contributed by atoms with E-state index in [0.717, 1.165) is 47.2 Å². The molecule has 0 saturated heterocycles. The van der Waals surface area contributed by atoms with Crippen molar-refractivity contribution in [3.05, 3.63) is 113 Å². The first-order valence-electron chi connectivity index (χ1n) is 11.1. The van der Waals surface area contributed by atoms with Crippen LogP contribution in [-0.4, -0.2) is 23.4 Å². The Morgan fingerprint density at radius 3 is 2.27 bits per heavy atom. The molecule has 0 unspecified atom stereocenters. The van der Waals surface area contributed by atoms with Crippen molar-refractivity contribution in [3.8, 4) is 5.75 Å². The van der Waals surface area contributed by atoms with Crippen LogP contribution in [0.1, 0.15) is 41.7 Å². The van der Waals surface area contributed by atoms with E-state index in [2.05, 4.69) is 17.3 Å². The fraction of sp³-hybridized carbons (Fsp3) is 0.214. The van der Waals surface area contributed by atoms with Gasteiger partial charge in [-0.25, -0.2) is 4.79 Å². The van der Waals surface area contributed by atoms with Crippen LogP contribution in [-0.2, 0) is 22.5 Å². The van der Waals surface area contributed by atoms with Crippen LogP contribution in [0.2, 0.25) is 0 Å². The molecule has 0 heterocycles. The second-order valence-corrected chi connectivity index (χ2v) is 8.10. The summed E-state index contributed by atoms with van der Waals surface area (Å²) in [4.78, 5) is 16.9. The van der Waals surface area contributed by atoms with Crippen LogP contribution in [0.3, 0.4) is 0 Å². The number of allylic oxidation sites excluding steroid dienone is 2. The minimum Gasteiger partial charge on any atom is -0.482 e. The van der Waals surface area contributed by atoms with Gasteiger partial charge in [-0.2, -0.15) is 0 Å². The van der Waals surface area contributed by atoms with Crippen molar-refractivity contribution < 1.29 is 19.5 Å². The van der Waals surface area contributed by atoms with Crippen LogP contribution < -0.4 is 4.74 Å². The average Bonchev–Trinajstić information content (AvgIpc) is 2.84. The molecule has 0 atom stereocenters. The van der Waals surface area contributed by atoms with E-state index in [-0.39, 0.29) is 12.7 Å². The van der Waals surface area contributed by atoms with Crippen molar-refractivity contribution in [2.75, 3.05) is 6.61 Å². The molecule has 33 heavy (non-hydrogen) atoms. The highest BCUT2D eigenvalue weighted by molar-refractivity contribution is 5.93. The van der Waals surface area contributed by atoms with Gasteiger partial charge < -0.3 is 14.7 Å². The number of rotatable bonds is 8. The van der Waals surface area contributed by atoms with Gasteiger partial charge in [0, 0.05) is 0 Å². The van der Waals surface area contributed by atoms with Gasteiger partial charge in [-0.05, 0) is 60.6 Å². The highest BCUT2D eigenvalue weighted by Crippen LogP contribution is 2.32. The number of carboxylic acids is 1. The van der Waals surface area contributed by atoms with Crippen LogP contribution >= 0.6 is 0 Å². The Balaban J connectivity index is 1.49. The number of fused-ring (bicyclic) bond motifs is 1. The zero-order valence-corrected chi connectivity index (χ0v) is 18.6. The summed E-state index contributed by atoms with van der Waals surface area (Å²) < 4.78 is 5.47. The summed E-state index contributed by atoms with van der Waals surface area (Å²) in [5, 5.41) is 13.3. The predicted octanol–water partition coefficient (Wildman–Crippen LogP) is 5.75. The van der Waals surface area contributed by atoms with E-state index in [0.29, 0.717) is 5.75 Å². The second-order valence-electron chi connectivity index (χ2n) is 8.10. The average molecular weight is 442 g/mol. The number of hydrogen-bond donors (Lipinski definition) is 1. The Morgan fingerprint density at radius 1 is 0.970 bits per heavy atom. The van der Waals surface area contributed by atoms with Gasteiger partial charge in [0.2, 0.25) is 0 Å². The molecule has 5 heteroatoms. The molecular formula is C28H27NO4.